The molecule has 2 nitrogen and oxygen atoms in total. The van der Waals surface area contributed by atoms with Gasteiger partial charge in [0, 0.05) is 29.2 Å². The van der Waals surface area contributed by atoms with Crippen molar-refractivity contribution in [3.05, 3.63) is 29.1 Å². The summed E-state index contributed by atoms with van der Waals surface area (Å²) >= 11 is 1.67. The van der Waals surface area contributed by atoms with Crippen molar-refractivity contribution >= 4 is 11.8 Å². The van der Waals surface area contributed by atoms with Gasteiger partial charge < -0.3 is 10.5 Å². The minimum absolute atomic E-state index is 0.0756. The maximum absolute atomic E-state index is 13.5. The summed E-state index contributed by atoms with van der Waals surface area (Å²) in [5, 5.41) is 0. The molecule has 1 aliphatic rings. The summed E-state index contributed by atoms with van der Waals surface area (Å²) < 4.78 is 18.6. The van der Waals surface area contributed by atoms with E-state index < -0.39 is 0 Å². The molecule has 1 aliphatic heterocycles. The Balaban J connectivity index is 2.51. The van der Waals surface area contributed by atoms with Crippen LogP contribution >= 0.6 is 11.8 Å². The lowest BCUT2D eigenvalue weighted by Gasteiger charge is -2.22. The van der Waals surface area contributed by atoms with Crippen LogP contribution in [-0.4, -0.2) is 12.9 Å². The molecular formula is C10H12FNOS. The van der Waals surface area contributed by atoms with Gasteiger partial charge in [0.1, 0.15) is 11.6 Å². The summed E-state index contributed by atoms with van der Waals surface area (Å²) in [6.07, 6.45) is 0. The molecule has 4 heteroatoms. The lowest BCUT2D eigenvalue weighted by atomic mass is 10.0. The van der Waals surface area contributed by atoms with Crippen LogP contribution in [0.2, 0.25) is 0 Å². The van der Waals surface area contributed by atoms with Gasteiger partial charge in [0.15, 0.2) is 0 Å². The first-order valence-corrected chi connectivity index (χ1v) is 5.57. The van der Waals surface area contributed by atoms with Gasteiger partial charge in [0.05, 0.1) is 7.11 Å². The first-order valence-electron chi connectivity index (χ1n) is 4.42. The number of hydrogen-bond donors (Lipinski definition) is 1. The molecule has 0 spiro atoms. The Labute approximate surface area is 86.6 Å². The third kappa shape index (κ3) is 1.60. The van der Waals surface area contributed by atoms with E-state index in [-0.39, 0.29) is 11.9 Å². The predicted molar refractivity (Wildman–Crippen MR) is 56.0 cm³/mol. The molecule has 0 saturated heterocycles. The smallest absolute Gasteiger partial charge is 0.131 e. The van der Waals surface area contributed by atoms with Crippen molar-refractivity contribution in [3.63, 3.8) is 0 Å². The Morgan fingerprint density at radius 1 is 1.57 bits per heavy atom. The monoisotopic (exact) mass is 213 g/mol. The molecule has 2 rings (SSSR count). The summed E-state index contributed by atoms with van der Waals surface area (Å²) in [7, 11) is 1.53. The van der Waals surface area contributed by atoms with Crippen molar-refractivity contribution in [1.29, 1.82) is 0 Å². The fourth-order valence-electron chi connectivity index (χ4n) is 1.61. The molecule has 14 heavy (non-hydrogen) atoms. The molecule has 0 fully saturated rings. The van der Waals surface area contributed by atoms with Gasteiger partial charge >= 0.3 is 0 Å². The Hall–Kier alpha value is -0.740. The summed E-state index contributed by atoms with van der Waals surface area (Å²) in [5.74, 6) is 1.89. The van der Waals surface area contributed by atoms with E-state index in [0.717, 1.165) is 16.9 Å². The largest absolute Gasteiger partial charge is 0.497 e. The highest BCUT2D eigenvalue weighted by molar-refractivity contribution is 7.98. The van der Waals surface area contributed by atoms with Crippen LogP contribution in [0, 0.1) is 5.82 Å². The predicted octanol–water partition coefficient (Wildman–Crippen LogP) is 2.08. The van der Waals surface area contributed by atoms with Crippen LogP contribution < -0.4 is 10.5 Å². The summed E-state index contributed by atoms with van der Waals surface area (Å²) in [6.45, 7) is 0. The van der Waals surface area contributed by atoms with E-state index in [1.54, 1.807) is 11.8 Å². The van der Waals surface area contributed by atoms with Crippen molar-refractivity contribution in [3.8, 4) is 5.75 Å². The molecule has 0 radical (unpaired) electrons. The molecular weight excluding hydrogens is 201 g/mol. The average Bonchev–Trinajstić information content (AvgIpc) is 2.19. The van der Waals surface area contributed by atoms with Crippen molar-refractivity contribution in [1.82, 2.24) is 0 Å². The van der Waals surface area contributed by atoms with Crippen LogP contribution in [-0.2, 0) is 5.75 Å². The van der Waals surface area contributed by atoms with Crippen LogP contribution in [0.1, 0.15) is 17.2 Å². The van der Waals surface area contributed by atoms with Gasteiger partial charge in [-0.15, -0.1) is 0 Å². The molecule has 1 aromatic rings. The van der Waals surface area contributed by atoms with E-state index in [1.807, 2.05) is 6.07 Å². The van der Waals surface area contributed by atoms with Crippen LogP contribution in [0.5, 0.6) is 5.75 Å². The zero-order valence-corrected chi connectivity index (χ0v) is 8.73. The molecule has 0 aromatic heterocycles. The molecule has 76 valence electrons. The molecule has 2 N–H and O–H groups in total. The fourth-order valence-corrected chi connectivity index (χ4v) is 2.67. The van der Waals surface area contributed by atoms with Gasteiger partial charge in [-0.2, -0.15) is 11.8 Å². The molecule has 0 unspecified atom stereocenters. The number of benzene rings is 1. The van der Waals surface area contributed by atoms with Crippen LogP contribution in [0.4, 0.5) is 4.39 Å². The highest BCUT2D eigenvalue weighted by Crippen LogP contribution is 2.34. The third-order valence-electron chi connectivity index (χ3n) is 2.38. The Morgan fingerprint density at radius 3 is 3.07 bits per heavy atom. The number of hydrogen-bond acceptors (Lipinski definition) is 3. The van der Waals surface area contributed by atoms with E-state index >= 15 is 0 Å². The Bertz CT molecular complexity index is 356. The molecule has 0 bridgehead atoms. The molecule has 1 atom stereocenters. The number of nitrogens with two attached hydrogens (primary N) is 1. The quantitative estimate of drug-likeness (QED) is 0.775. The van der Waals surface area contributed by atoms with Crippen molar-refractivity contribution in [2.45, 2.75) is 11.8 Å². The molecule has 1 aromatic carbocycles. The minimum atomic E-state index is -0.206. The van der Waals surface area contributed by atoms with E-state index in [9.17, 15) is 4.39 Å². The average molecular weight is 213 g/mol. The van der Waals surface area contributed by atoms with Gasteiger partial charge in [-0.05, 0) is 11.6 Å². The van der Waals surface area contributed by atoms with Crippen LogP contribution in [0.15, 0.2) is 12.1 Å². The van der Waals surface area contributed by atoms with Crippen LogP contribution in [0.3, 0.4) is 0 Å². The molecule has 0 aliphatic carbocycles. The normalized spacial score (nSPS) is 20.4. The molecule has 0 amide bonds. The SMILES string of the molecule is COc1cc(F)c2c(c1)[C@@H](N)CSC2. The fraction of sp³-hybridized carbons (Fsp3) is 0.400. The van der Waals surface area contributed by atoms with Gasteiger partial charge in [-0.1, -0.05) is 0 Å². The topological polar surface area (TPSA) is 35.2 Å². The maximum Gasteiger partial charge on any atom is 0.131 e. The summed E-state index contributed by atoms with van der Waals surface area (Å²) in [5.41, 5.74) is 7.52. The number of rotatable bonds is 1. The van der Waals surface area contributed by atoms with Crippen molar-refractivity contribution in [2.75, 3.05) is 12.9 Å². The maximum atomic E-state index is 13.5. The molecule has 0 saturated carbocycles. The number of fused-ring (bicyclic) bond motifs is 1. The second kappa shape index (κ2) is 3.79. The van der Waals surface area contributed by atoms with Gasteiger partial charge in [0.25, 0.3) is 0 Å². The highest BCUT2D eigenvalue weighted by Gasteiger charge is 2.21. The standard InChI is InChI=1S/C10H12FNOS/c1-13-6-2-7-8(9(11)3-6)4-14-5-10(7)12/h2-3,10H,4-5,12H2,1H3/t10-/m0/s1. The summed E-state index contributed by atoms with van der Waals surface area (Å²) in [6, 6.07) is 3.17. The minimum Gasteiger partial charge on any atom is -0.497 e. The van der Waals surface area contributed by atoms with E-state index in [1.165, 1.54) is 13.2 Å². The van der Waals surface area contributed by atoms with E-state index in [2.05, 4.69) is 0 Å². The second-order valence-corrected chi connectivity index (χ2v) is 4.33. The van der Waals surface area contributed by atoms with Crippen LogP contribution in [0.25, 0.3) is 0 Å². The first-order chi connectivity index (χ1) is 6.72. The third-order valence-corrected chi connectivity index (χ3v) is 3.47. The van der Waals surface area contributed by atoms with Crippen molar-refractivity contribution in [2.24, 2.45) is 5.73 Å². The number of halogens is 1. The zero-order valence-electron chi connectivity index (χ0n) is 7.92. The Kier molecular flexibility index (Phi) is 2.65. The van der Waals surface area contributed by atoms with E-state index in [4.69, 9.17) is 10.5 Å². The van der Waals surface area contributed by atoms with Crippen molar-refractivity contribution < 1.29 is 9.13 Å². The van der Waals surface area contributed by atoms with E-state index in [0.29, 0.717) is 11.5 Å². The number of thioether (sulfide) groups is 1. The number of ether oxygens (including phenoxy) is 1. The van der Waals surface area contributed by atoms with Gasteiger partial charge in [-0.3, -0.25) is 0 Å². The lowest BCUT2D eigenvalue weighted by Crippen LogP contribution is -2.19. The first kappa shape index (κ1) is 9.80. The highest BCUT2D eigenvalue weighted by atomic mass is 32.2. The molecule has 1 heterocycles. The summed E-state index contributed by atoms with van der Waals surface area (Å²) in [4.78, 5) is 0. The Morgan fingerprint density at radius 2 is 2.36 bits per heavy atom. The number of methoxy groups -OCH3 is 1. The van der Waals surface area contributed by atoms with Gasteiger partial charge in [0.2, 0.25) is 0 Å². The van der Waals surface area contributed by atoms with Gasteiger partial charge in [-0.25, -0.2) is 4.39 Å². The zero-order chi connectivity index (χ0) is 10.1. The lowest BCUT2D eigenvalue weighted by molar-refractivity contribution is 0.409. The second-order valence-electron chi connectivity index (χ2n) is 3.30.